The van der Waals surface area contributed by atoms with E-state index in [0.29, 0.717) is 6.42 Å². The lowest BCUT2D eigenvalue weighted by Crippen LogP contribution is -2.36. The molecule has 0 aliphatic rings. The first-order valence-electron chi connectivity index (χ1n) is 5.73. The van der Waals surface area contributed by atoms with Gasteiger partial charge in [0.2, 0.25) is 5.91 Å². The molecule has 0 bridgehead atoms. The molecule has 0 aliphatic heterocycles. The number of nitrogens with two attached hydrogens (primary N) is 1. The molecule has 1 aromatic carbocycles. The standard InChI is InChI=1S/C13H16N2OS2/c1-17-6-5-11(14)13(16)15-10-2-3-12-9(8-10)4-7-18-12/h2-4,7-8,11H,5-6,14H2,1H3,(H,15,16)/t11-/m0/s1. The van der Waals surface area contributed by atoms with Crippen LogP contribution in [-0.4, -0.2) is 24.0 Å². The summed E-state index contributed by atoms with van der Waals surface area (Å²) in [6.45, 7) is 0. The Kier molecular flexibility index (Phi) is 4.63. The molecule has 0 saturated carbocycles. The van der Waals surface area contributed by atoms with E-state index in [1.54, 1.807) is 23.1 Å². The highest BCUT2D eigenvalue weighted by atomic mass is 32.2. The topological polar surface area (TPSA) is 55.1 Å². The van der Waals surface area contributed by atoms with Gasteiger partial charge in [0.1, 0.15) is 0 Å². The molecule has 0 unspecified atom stereocenters. The fourth-order valence-corrected chi connectivity index (χ4v) is 2.92. The highest BCUT2D eigenvalue weighted by Gasteiger charge is 2.13. The predicted octanol–water partition coefficient (Wildman–Crippen LogP) is 2.92. The molecule has 1 atom stereocenters. The van der Waals surface area contributed by atoms with Crippen molar-refractivity contribution in [3.05, 3.63) is 29.6 Å². The number of rotatable bonds is 5. The molecule has 3 N–H and O–H groups in total. The summed E-state index contributed by atoms with van der Waals surface area (Å²) >= 11 is 3.39. The third-order valence-electron chi connectivity index (χ3n) is 2.69. The van der Waals surface area contributed by atoms with Crippen LogP contribution < -0.4 is 11.1 Å². The van der Waals surface area contributed by atoms with E-state index in [0.717, 1.165) is 16.8 Å². The summed E-state index contributed by atoms with van der Waals surface area (Å²) in [7, 11) is 0. The molecule has 1 heterocycles. The van der Waals surface area contributed by atoms with Crippen LogP contribution in [0.5, 0.6) is 0 Å². The SMILES string of the molecule is CSCC[C@H](N)C(=O)Nc1ccc2sccc2c1. The van der Waals surface area contributed by atoms with E-state index in [4.69, 9.17) is 5.73 Å². The highest BCUT2D eigenvalue weighted by molar-refractivity contribution is 7.98. The first kappa shape index (κ1) is 13.4. The summed E-state index contributed by atoms with van der Waals surface area (Å²) in [5.74, 6) is 0.789. The first-order valence-corrected chi connectivity index (χ1v) is 8.00. The number of thiophene rings is 1. The van der Waals surface area contributed by atoms with E-state index < -0.39 is 6.04 Å². The van der Waals surface area contributed by atoms with E-state index in [1.165, 1.54) is 4.70 Å². The summed E-state index contributed by atoms with van der Waals surface area (Å²) in [6, 6.07) is 7.52. The number of hydrogen-bond donors (Lipinski definition) is 2. The summed E-state index contributed by atoms with van der Waals surface area (Å²) in [5, 5.41) is 6.05. The van der Waals surface area contributed by atoms with Crippen LogP contribution in [0.25, 0.3) is 10.1 Å². The molecule has 0 fully saturated rings. The van der Waals surface area contributed by atoms with Crippen molar-refractivity contribution in [2.45, 2.75) is 12.5 Å². The maximum atomic E-state index is 11.8. The summed E-state index contributed by atoms with van der Waals surface area (Å²) in [5.41, 5.74) is 6.63. The first-order chi connectivity index (χ1) is 8.70. The second-order valence-electron chi connectivity index (χ2n) is 4.05. The van der Waals surface area contributed by atoms with Crippen molar-refractivity contribution in [1.82, 2.24) is 0 Å². The number of amides is 1. The predicted molar refractivity (Wildman–Crippen MR) is 81.4 cm³/mol. The Balaban J connectivity index is 2.01. The van der Waals surface area contributed by atoms with Crippen molar-refractivity contribution < 1.29 is 4.79 Å². The van der Waals surface area contributed by atoms with Gasteiger partial charge in [-0.15, -0.1) is 11.3 Å². The molecule has 1 aromatic heterocycles. The Labute approximate surface area is 115 Å². The molecule has 18 heavy (non-hydrogen) atoms. The molecule has 3 nitrogen and oxygen atoms in total. The number of carbonyl (C=O) groups excluding carboxylic acids is 1. The molecule has 2 rings (SSSR count). The van der Waals surface area contributed by atoms with E-state index in [2.05, 4.69) is 5.32 Å². The molecule has 96 valence electrons. The van der Waals surface area contributed by atoms with Crippen molar-refractivity contribution in [2.24, 2.45) is 5.73 Å². The number of carbonyl (C=O) groups is 1. The van der Waals surface area contributed by atoms with Crippen LogP contribution in [0.4, 0.5) is 5.69 Å². The third kappa shape index (κ3) is 3.25. The van der Waals surface area contributed by atoms with Crippen molar-refractivity contribution in [3.8, 4) is 0 Å². The minimum Gasteiger partial charge on any atom is -0.325 e. The van der Waals surface area contributed by atoms with Crippen molar-refractivity contribution in [2.75, 3.05) is 17.3 Å². The molecule has 5 heteroatoms. The fourth-order valence-electron chi connectivity index (χ4n) is 1.66. The molecule has 0 spiro atoms. The average Bonchev–Trinajstić information content (AvgIpc) is 2.83. The lowest BCUT2D eigenvalue weighted by Gasteiger charge is -2.11. The summed E-state index contributed by atoms with van der Waals surface area (Å²) in [6.07, 6.45) is 2.71. The molecule has 2 aromatic rings. The summed E-state index contributed by atoms with van der Waals surface area (Å²) < 4.78 is 1.22. The van der Waals surface area contributed by atoms with Gasteiger partial charge < -0.3 is 11.1 Å². The Morgan fingerprint density at radius 2 is 2.33 bits per heavy atom. The second-order valence-corrected chi connectivity index (χ2v) is 5.98. The molecular weight excluding hydrogens is 264 g/mol. The van der Waals surface area contributed by atoms with Gasteiger partial charge in [-0.2, -0.15) is 11.8 Å². The monoisotopic (exact) mass is 280 g/mol. The van der Waals surface area contributed by atoms with Gasteiger partial charge in [0.15, 0.2) is 0 Å². The van der Waals surface area contributed by atoms with Crippen LogP contribution >= 0.6 is 23.1 Å². The Morgan fingerprint density at radius 3 is 3.11 bits per heavy atom. The van der Waals surface area contributed by atoms with E-state index in [1.807, 2.05) is 35.9 Å². The van der Waals surface area contributed by atoms with Gasteiger partial charge in [-0.3, -0.25) is 4.79 Å². The van der Waals surface area contributed by atoms with Gasteiger partial charge in [0.25, 0.3) is 0 Å². The molecular formula is C13H16N2OS2. The van der Waals surface area contributed by atoms with Gasteiger partial charge in [0, 0.05) is 10.4 Å². The number of anilines is 1. The van der Waals surface area contributed by atoms with Gasteiger partial charge in [0.05, 0.1) is 6.04 Å². The average molecular weight is 280 g/mol. The fraction of sp³-hybridized carbons (Fsp3) is 0.308. The van der Waals surface area contributed by atoms with Crippen LogP contribution in [0.3, 0.4) is 0 Å². The van der Waals surface area contributed by atoms with Gasteiger partial charge in [-0.1, -0.05) is 0 Å². The largest absolute Gasteiger partial charge is 0.325 e. The van der Waals surface area contributed by atoms with Crippen LogP contribution in [0, 0.1) is 0 Å². The number of fused-ring (bicyclic) bond motifs is 1. The van der Waals surface area contributed by atoms with Gasteiger partial charge in [-0.05, 0) is 53.5 Å². The van der Waals surface area contributed by atoms with Crippen molar-refractivity contribution in [1.29, 1.82) is 0 Å². The normalized spacial score (nSPS) is 12.6. The zero-order chi connectivity index (χ0) is 13.0. The molecule has 1 amide bonds. The Morgan fingerprint density at radius 1 is 1.50 bits per heavy atom. The minimum absolute atomic E-state index is 0.112. The van der Waals surface area contributed by atoms with Crippen LogP contribution in [0.2, 0.25) is 0 Å². The summed E-state index contributed by atoms with van der Waals surface area (Å²) in [4.78, 5) is 11.8. The molecule has 0 radical (unpaired) electrons. The van der Waals surface area contributed by atoms with E-state index in [-0.39, 0.29) is 5.91 Å². The molecule has 0 saturated heterocycles. The Bertz CT molecular complexity index is 539. The van der Waals surface area contributed by atoms with E-state index in [9.17, 15) is 4.79 Å². The minimum atomic E-state index is -0.435. The number of nitrogens with one attached hydrogen (secondary N) is 1. The van der Waals surface area contributed by atoms with Crippen LogP contribution in [-0.2, 0) is 4.79 Å². The second kappa shape index (κ2) is 6.22. The number of hydrogen-bond acceptors (Lipinski definition) is 4. The number of benzene rings is 1. The molecule has 0 aliphatic carbocycles. The third-order valence-corrected chi connectivity index (χ3v) is 4.23. The van der Waals surface area contributed by atoms with Gasteiger partial charge in [-0.25, -0.2) is 0 Å². The zero-order valence-electron chi connectivity index (χ0n) is 10.2. The van der Waals surface area contributed by atoms with Crippen LogP contribution in [0.1, 0.15) is 6.42 Å². The quantitative estimate of drug-likeness (QED) is 0.885. The van der Waals surface area contributed by atoms with Gasteiger partial charge >= 0.3 is 0 Å². The van der Waals surface area contributed by atoms with Crippen LogP contribution in [0.15, 0.2) is 29.6 Å². The zero-order valence-corrected chi connectivity index (χ0v) is 11.8. The van der Waals surface area contributed by atoms with Crippen molar-refractivity contribution in [3.63, 3.8) is 0 Å². The maximum absolute atomic E-state index is 11.8. The Hall–Kier alpha value is -1.04. The maximum Gasteiger partial charge on any atom is 0.241 e. The smallest absolute Gasteiger partial charge is 0.241 e. The van der Waals surface area contributed by atoms with E-state index >= 15 is 0 Å². The highest BCUT2D eigenvalue weighted by Crippen LogP contribution is 2.24. The lowest BCUT2D eigenvalue weighted by molar-refractivity contribution is -0.117. The number of thioether (sulfide) groups is 1. The van der Waals surface area contributed by atoms with Crippen molar-refractivity contribution >= 4 is 44.8 Å². The lowest BCUT2D eigenvalue weighted by atomic mass is 10.2.